The van der Waals surface area contributed by atoms with Crippen LogP contribution in [0.4, 0.5) is 0 Å². The van der Waals surface area contributed by atoms with Crippen LogP contribution in [0, 0.1) is 5.92 Å². The molecule has 3 nitrogen and oxygen atoms in total. The van der Waals surface area contributed by atoms with E-state index in [2.05, 4.69) is 18.4 Å². The van der Waals surface area contributed by atoms with Crippen LogP contribution in [0.5, 0.6) is 0 Å². The van der Waals surface area contributed by atoms with Crippen molar-refractivity contribution in [3.63, 3.8) is 0 Å². The lowest BCUT2D eigenvalue weighted by atomic mass is 10.1. The van der Waals surface area contributed by atoms with Crippen molar-refractivity contribution >= 4 is 5.97 Å². The molecule has 0 amide bonds. The molecular formula is C22H43NO2. The average molecular weight is 354 g/mol. The van der Waals surface area contributed by atoms with Crippen LogP contribution in [0.3, 0.4) is 0 Å². The predicted molar refractivity (Wildman–Crippen MR) is 109 cm³/mol. The fraction of sp³-hybridized carbons (Fsp3) is 0.864. The summed E-state index contributed by atoms with van der Waals surface area (Å²) in [5.41, 5.74) is 1.11. The maximum atomic E-state index is 11.8. The number of hydrogen-bond acceptors (Lipinski definition) is 3. The molecule has 0 spiro atoms. The van der Waals surface area contributed by atoms with Gasteiger partial charge in [-0.25, -0.2) is 0 Å². The Bertz CT molecular complexity index is 341. The molecule has 0 aromatic rings. The summed E-state index contributed by atoms with van der Waals surface area (Å²) < 4.78 is 5.12. The van der Waals surface area contributed by atoms with Crippen molar-refractivity contribution in [2.24, 2.45) is 5.92 Å². The molecule has 0 N–H and O–H groups in total. The van der Waals surface area contributed by atoms with Gasteiger partial charge in [-0.15, -0.1) is 0 Å². The minimum atomic E-state index is -0.0563. The molecule has 1 fully saturated rings. The van der Waals surface area contributed by atoms with E-state index in [1.54, 1.807) is 0 Å². The van der Waals surface area contributed by atoms with Crippen molar-refractivity contribution in [3.05, 3.63) is 12.3 Å². The molecule has 1 heterocycles. The predicted octanol–water partition coefficient (Wildman–Crippen LogP) is 6.33. The van der Waals surface area contributed by atoms with Gasteiger partial charge in [-0.05, 0) is 13.3 Å². The van der Waals surface area contributed by atoms with Crippen LogP contribution < -0.4 is 0 Å². The van der Waals surface area contributed by atoms with E-state index in [0.29, 0.717) is 6.61 Å². The van der Waals surface area contributed by atoms with E-state index in [1.165, 1.54) is 64.2 Å². The van der Waals surface area contributed by atoms with Gasteiger partial charge in [0.25, 0.3) is 0 Å². The summed E-state index contributed by atoms with van der Waals surface area (Å²) in [7, 11) is 0. The summed E-state index contributed by atoms with van der Waals surface area (Å²) in [6, 6.07) is 0. The molecule has 1 unspecified atom stereocenters. The summed E-state index contributed by atoms with van der Waals surface area (Å²) in [6.07, 6.45) is 14.4. The molecule has 1 aliphatic rings. The molecule has 0 saturated carbocycles. The van der Waals surface area contributed by atoms with Gasteiger partial charge < -0.3 is 9.64 Å². The van der Waals surface area contributed by atoms with Crippen LogP contribution in [0.15, 0.2) is 12.3 Å². The molecule has 148 valence electrons. The maximum Gasteiger partial charge on any atom is 0.311 e. The Morgan fingerprint density at radius 1 is 1.00 bits per heavy atom. The number of allylic oxidation sites excluding steroid dienone is 1. The van der Waals surface area contributed by atoms with Crippen molar-refractivity contribution in [3.8, 4) is 0 Å². The Morgan fingerprint density at radius 2 is 1.52 bits per heavy atom. The Balaban J connectivity index is 0.00000277. The summed E-state index contributed by atoms with van der Waals surface area (Å²) in [5.74, 6) is -0.0511. The van der Waals surface area contributed by atoms with Gasteiger partial charge in [0, 0.05) is 25.2 Å². The van der Waals surface area contributed by atoms with Crippen LogP contribution >= 0.6 is 0 Å². The van der Waals surface area contributed by atoms with Gasteiger partial charge in [0.15, 0.2) is 0 Å². The average Bonchev–Trinajstić information content (AvgIpc) is 2.99. The molecular weight excluding hydrogens is 310 g/mol. The minimum Gasteiger partial charge on any atom is -0.466 e. The Hall–Kier alpha value is -0.990. The largest absolute Gasteiger partial charge is 0.466 e. The van der Waals surface area contributed by atoms with E-state index in [9.17, 15) is 4.79 Å². The molecule has 0 bridgehead atoms. The lowest BCUT2D eigenvalue weighted by Gasteiger charge is -2.19. The second-order valence-corrected chi connectivity index (χ2v) is 6.85. The Kier molecular flexibility index (Phi) is 15.8. The number of hydrogen-bond donors (Lipinski definition) is 0. The molecule has 25 heavy (non-hydrogen) atoms. The maximum absolute atomic E-state index is 11.8. The molecule has 1 rings (SSSR count). The highest BCUT2D eigenvalue weighted by atomic mass is 16.5. The minimum absolute atomic E-state index is 0.00516. The molecule has 0 aliphatic carbocycles. The number of carbonyl (C=O) groups is 1. The third kappa shape index (κ3) is 11.3. The van der Waals surface area contributed by atoms with Gasteiger partial charge in [-0.2, -0.15) is 0 Å². The number of nitrogens with zero attached hydrogens (tertiary/aromatic N) is 1. The zero-order valence-corrected chi connectivity index (χ0v) is 17.4. The van der Waals surface area contributed by atoms with Gasteiger partial charge in [-0.3, -0.25) is 4.79 Å². The summed E-state index contributed by atoms with van der Waals surface area (Å²) >= 11 is 0. The van der Waals surface area contributed by atoms with Crippen molar-refractivity contribution < 1.29 is 9.53 Å². The standard InChI is InChI=1S/C20H37NO2.C2H6/c1-4-6-7-8-9-10-11-12-13-14-15-21-17-19(16-18(21)3)20(22)23-5-2;1-2/h19H,3-17H2,1-2H3;1-2H3. The Labute approximate surface area is 157 Å². The van der Waals surface area contributed by atoms with E-state index in [0.717, 1.165) is 25.2 Å². The topological polar surface area (TPSA) is 29.5 Å². The van der Waals surface area contributed by atoms with Crippen LogP contribution in [-0.4, -0.2) is 30.6 Å². The molecule has 1 saturated heterocycles. The lowest BCUT2D eigenvalue weighted by Crippen LogP contribution is -2.24. The van der Waals surface area contributed by atoms with E-state index in [4.69, 9.17) is 4.74 Å². The Morgan fingerprint density at radius 3 is 2.04 bits per heavy atom. The number of carbonyl (C=O) groups excluding carboxylic acids is 1. The van der Waals surface area contributed by atoms with Crippen molar-refractivity contribution in [2.75, 3.05) is 19.7 Å². The lowest BCUT2D eigenvalue weighted by molar-refractivity contribution is -0.147. The van der Waals surface area contributed by atoms with Gasteiger partial charge in [0.05, 0.1) is 12.5 Å². The highest BCUT2D eigenvalue weighted by molar-refractivity contribution is 5.73. The molecule has 1 aliphatic heterocycles. The van der Waals surface area contributed by atoms with Crippen LogP contribution in [-0.2, 0) is 9.53 Å². The summed E-state index contributed by atoms with van der Waals surface area (Å²) in [6.45, 7) is 14.6. The first-order chi connectivity index (χ1) is 12.2. The van der Waals surface area contributed by atoms with Crippen LogP contribution in [0.25, 0.3) is 0 Å². The number of esters is 1. The van der Waals surface area contributed by atoms with Gasteiger partial charge in [0.2, 0.25) is 0 Å². The first-order valence-electron chi connectivity index (χ1n) is 10.8. The van der Waals surface area contributed by atoms with E-state index < -0.39 is 0 Å². The molecule has 0 aromatic carbocycles. The third-order valence-corrected chi connectivity index (χ3v) is 4.77. The number of unbranched alkanes of at least 4 members (excludes halogenated alkanes) is 9. The van der Waals surface area contributed by atoms with E-state index in [-0.39, 0.29) is 11.9 Å². The fourth-order valence-electron chi connectivity index (χ4n) is 3.33. The molecule has 0 aromatic heterocycles. The van der Waals surface area contributed by atoms with Crippen molar-refractivity contribution in [1.82, 2.24) is 4.90 Å². The van der Waals surface area contributed by atoms with Gasteiger partial charge >= 0.3 is 5.97 Å². The number of ether oxygens (including phenoxy) is 1. The molecule has 0 radical (unpaired) electrons. The zero-order chi connectivity index (χ0) is 18.9. The first kappa shape index (κ1) is 24.0. The third-order valence-electron chi connectivity index (χ3n) is 4.77. The fourth-order valence-corrected chi connectivity index (χ4v) is 3.33. The normalized spacial score (nSPS) is 16.6. The second kappa shape index (κ2) is 16.5. The monoisotopic (exact) mass is 353 g/mol. The SMILES string of the molecule is C=C1CC(C(=O)OCC)CN1CCCCCCCCCCCC.CC. The van der Waals surface area contributed by atoms with Crippen LogP contribution in [0.1, 0.15) is 98.3 Å². The zero-order valence-electron chi connectivity index (χ0n) is 17.4. The van der Waals surface area contributed by atoms with Gasteiger partial charge in [0.1, 0.15) is 0 Å². The van der Waals surface area contributed by atoms with Crippen molar-refractivity contribution in [1.29, 1.82) is 0 Å². The summed E-state index contributed by atoms with van der Waals surface area (Å²) in [5, 5.41) is 0. The highest BCUT2D eigenvalue weighted by Gasteiger charge is 2.31. The van der Waals surface area contributed by atoms with E-state index >= 15 is 0 Å². The molecule has 3 heteroatoms. The molecule has 1 atom stereocenters. The number of likely N-dealkylation sites (tertiary alicyclic amines) is 1. The number of rotatable bonds is 13. The quantitative estimate of drug-likeness (QED) is 0.286. The van der Waals surface area contributed by atoms with Crippen LogP contribution in [0.2, 0.25) is 0 Å². The van der Waals surface area contributed by atoms with Gasteiger partial charge in [-0.1, -0.05) is 85.1 Å². The summed E-state index contributed by atoms with van der Waals surface area (Å²) in [4.78, 5) is 14.1. The second-order valence-electron chi connectivity index (χ2n) is 6.85. The van der Waals surface area contributed by atoms with Crippen molar-refractivity contribution in [2.45, 2.75) is 98.3 Å². The van der Waals surface area contributed by atoms with E-state index in [1.807, 2.05) is 20.8 Å². The first-order valence-corrected chi connectivity index (χ1v) is 10.8. The smallest absolute Gasteiger partial charge is 0.311 e. The highest BCUT2D eigenvalue weighted by Crippen LogP contribution is 2.26.